The molecule has 2 atom stereocenters. The van der Waals surface area contributed by atoms with Gasteiger partial charge in [-0.05, 0) is 30.7 Å². The number of aliphatic hydroxyl groups excluding tert-OH is 1. The fraction of sp³-hybridized carbons (Fsp3) is 0.385. The number of carboxylic acids is 1. The number of nitrogens with zero attached hydrogens (tertiary/aromatic N) is 1. The number of β-amino-alcohol motifs (C(OH)–C–C–N with tert-alkyl or cyclic N) is 1. The highest BCUT2D eigenvalue weighted by molar-refractivity contribution is 5.94. The lowest BCUT2D eigenvalue weighted by molar-refractivity contribution is -0.138. The first kappa shape index (κ1) is 13.4. The zero-order valence-electron chi connectivity index (χ0n) is 10.5. The Bertz CT molecular complexity index is 529. The van der Waals surface area contributed by atoms with Gasteiger partial charge in [-0.15, -0.1) is 0 Å². The van der Waals surface area contributed by atoms with Crippen LogP contribution in [0.2, 0.25) is 0 Å². The van der Waals surface area contributed by atoms with E-state index >= 15 is 0 Å². The Balaban J connectivity index is 2.34. The van der Waals surface area contributed by atoms with Crippen molar-refractivity contribution >= 4 is 17.6 Å². The summed E-state index contributed by atoms with van der Waals surface area (Å²) < 4.78 is 0. The third-order valence-electron chi connectivity index (χ3n) is 3.37. The fourth-order valence-electron chi connectivity index (χ4n) is 2.44. The van der Waals surface area contributed by atoms with E-state index in [-0.39, 0.29) is 13.0 Å². The zero-order valence-corrected chi connectivity index (χ0v) is 10.5. The summed E-state index contributed by atoms with van der Waals surface area (Å²) in [6, 6.07) is 4.21. The highest BCUT2D eigenvalue weighted by Crippen LogP contribution is 2.27. The smallest absolute Gasteiger partial charge is 0.326 e. The van der Waals surface area contributed by atoms with E-state index in [2.05, 4.69) is 0 Å². The second-order valence-electron chi connectivity index (χ2n) is 4.76. The van der Waals surface area contributed by atoms with Crippen molar-refractivity contribution in [3.63, 3.8) is 0 Å². The largest absolute Gasteiger partial charge is 0.480 e. The molecule has 1 aliphatic rings. The second-order valence-corrected chi connectivity index (χ2v) is 4.76. The van der Waals surface area contributed by atoms with E-state index in [1.165, 1.54) is 0 Å². The van der Waals surface area contributed by atoms with E-state index in [1.807, 2.05) is 0 Å². The molecule has 0 aromatic heterocycles. The van der Waals surface area contributed by atoms with Crippen LogP contribution in [-0.4, -0.2) is 40.8 Å². The molecule has 1 saturated heterocycles. The van der Waals surface area contributed by atoms with E-state index in [0.717, 1.165) is 0 Å². The van der Waals surface area contributed by atoms with Crippen molar-refractivity contribution in [2.24, 2.45) is 5.73 Å². The van der Waals surface area contributed by atoms with Crippen molar-refractivity contribution in [3.8, 4) is 0 Å². The minimum atomic E-state index is -0.965. The molecule has 1 heterocycles. The number of anilines is 1. The summed E-state index contributed by atoms with van der Waals surface area (Å²) in [6.07, 6.45) is -0.455. The highest BCUT2D eigenvalue weighted by Gasteiger charge is 2.36. The number of amides is 1. The van der Waals surface area contributed by atoms with Gasteiger partial charge in [0.1, 0.15) is 6.04 Å². The number of hydrogen-bond acceptors (Lipinski definition) is 4. The van der Waals surface area contributed by atoms with Gasteiger partial charge in [-0.2, -0.15) is 0 Å². The second kappa shape index (κ2) is 4.89. The van der Waals surface area contributed by atoms with Gasteiger partial charge in [0.05, 0.1) is 6.10 Å². The Kier molecular flexibility index (Phi) is 3.44. The molecule has 6 nitrogen and oxygen atoms in total. The lowest BCUT2D eigenvalue weighted by atomic mass is 10.1. The highest BCUT2D eigenvalue weighted by atomic mass is 16.4. The summed E-state index contributed by atoms with van der Waals surface area (Å²) in [4.78, 5) is 23.9. The lowest BCUT2D eigenvalue weighted by Gasteiger charge is -2.24. The quantitative estimate of drug-likeness (QED) is 0.719. The Hall–Kier alpha value is -2.08. The van der Waals surface area contributed by atoms with E-state index in [9.17, 15) is 14.7 Å². The number of aliphatic carboxylic acids is 1. The minimum Gasteiger partial charge on any atom is -0.480 e. The summed E-state index contributed by atoms with van der Waals surface area (Å²) in [5.41, 5.74) is 7.00. The number of nitrogens with two attached hydrogens (primary N) is 1. The van der Waals surface area contributed by atoms with Crippen LogP contribution >= 0.6 is 0 Å². The monoisotopic (exact) mass is 264 g/mol. The molecule has 102 valence electrons. The molecule has 1 aromatic carbocycles. The first-order valence-electron chi connectivity index (χ1n) is 5.98. The molecule has 2 rings (SSSR count). The van der Waals surface area contributed by atoms with Crippen molar-refractivity contribution in [3.05, 3.63) is 29.3 Å². The minimum absolute atomic E-state index is 0.200. The van der Waals surface area contributed by atoms with Crippen molar-refractivity contribution in [2.75, 3.05) is 11.4 Å². The molecule has 6 heteroatoms. The maximum Gasteiger partial charge on any atom is 0.326 e. The van der Waals surface area contributed by atoms with Crippen molar-refractivity contribution in [2.45, 2.75) is 25.5 Å². The molecular formula is C13H16N2O4. The maximum atomic E-state index is 11.2. The standard InChI is InChI=1S/C13H16N2O4/c1-7-4-8(2-3-10(7)12(14)17)15-6-9(16)5-11(15)13(18)19/h2-4,9,11,16H,5-6H2,1H3,(H2,14,17)(H,18,19). The van der Waals surface area contributed by atoms with Crippen LogP contribution in [0.4, 0.5) is 5.69 Å². The topological polar surface area (TPSA) is 104 Å². The maximum absolute atomic E-state index is 11.2. The molecule has 1 amide bonds. The summed E-state index contributed by atoms with van der Waals surface area (Å²) in [6.45, 7) is 2.01. The Morgan fingerprint density at radius 3 is 2.63 bits per heavy atom. The molecule has 0 aliphatic carbocycles. The first-order chi connectivity index (χ1) is 8.90. The van der Waals surface area contributed by atoms with Crippen LogP contribution in [-0.2, 0) is 4.79 Å². The van der Waals surface area contributed by atoms with Crippen LogP contribution in [0, 0.1) is 6.92 Å². The molecule has 0 radical (unpaired) electrons. The zero-order chi connectivity index (χ0) is 14.2. The number of aliphatic hydroxyl groups is 1. The number of primary amides is 1. The molecular weight excluding hydrogens is 248 g/mol. The van der Waals surface area contributed by atoms with Crippen LogP contribution < -0.4 is 10.6 Å². The van der Waals surface area contributed by atoms with Crippen molar-refractivity contribution < 1.29 is 19.8 Å². The first-order valence-corrected chi connectivity index (χ1v) is 5.98. The number of aryl methyl sites for hydroxylation is 1. The summed E-state index contributed by atoms with van der Waals surface area (Å²) >= 11 is 0. The van der Waals surface area contributed by atoms with Crippen LogP contribution in [0.1, 0.15) is 22.3 Å². The number of carboxylic acid groups (broad SMARTS) is 1. The Morgan fingerprint density at radius 2 is 2.11 bits per heavy atom. The molecule has 1 aliphatic heterocycles. The fourth-order valence-corrected chi connectivity index (χ4v) is 2.44. The molecule has 0 saturated carbocycles. The number of rotatable bonds is 3. The van der Waals surface area contributed by atoms with Crippen molar-refractivity contribution in [1.29, 1.82) is 0 Å². The third kappa shape index (κ3) is 2.53. The van der Waals surface area contributed by atoms with Gasteiger partial charge in [0.25, 0.3) is 0 Å². The third-order valence-corrected chi connectivity index (χ3v) is 3.37. The molecule has 2 unspecified atom stereocenters. The summed E-state index contributed by atoms with van der Waals surface area (Å²) in [5, 5.41) is 18.8. The van der Waals surface area contributed by atoms with Crippen LogP contribution in [0.3, 0.4) is 0 Å². The van der Waals surface area contributed by atoms with Crippen molar-refractivity contribution in [1.82, 2.24) is 0 Å². The summed E-state index contributed by atoms with van der Waals surface area (Å²) in [5.74, 6) is -1.48. The number of hydrogen-bond donors (Lipinski definition) is 3. The lowest BCUT2D eigenvalue weighted by Crippen LogP contribution is -2.36. The SMILES string of the molecule is Cc1cc(N2CC(O)CC2C(=O)O)ccc1C(N)=O. The average molecular weight is 264 g/mol. The predicted molar refractivity (Wildman–Crippen MR) is 69.1 cm³/mol. The number of carbonyl (C=O) groups excluding carboxylic acids is 1. The van der Waals surface area contributed by atoms with Crippen LogP contribution in [0.5, 0.6) is 0 Å². The van der Waals surface area contributed by atoms with Gasteiger partial charge >= 0.3 is 5.97 Å². The van der Waals surface area contributed by atoms with Gasteiger partial charge in [0, 0.05) is 24.2 Å². The van der Waals surface area contributed by atoms with E-state index in [4.69, 9.17) is 10.8 Å². The molecule has 19 heavy (non-hydrogen) atoms. The van der Waals surface area contributed by atoms with Gasteiger partial charge in [-0.1, -0.05) is 0 Å². The predicted octanol–water partition coefficient (Wildman–Crippen LogP) is 0.118. The summed E-state index contributed by atoms with van der Waals surface area (Å²) in [7, 11) is 0. The Morgan fingerprint density at radius 1 is 1.42 bits per heavy atom. The Labute approximate surface area is 110 Å². The van der Waals surface area contributed by atoms with E-state index < -0.39 is 24.0 Å². The van der Waals surface area contributed by atoms with Gasteiger partial charge < -0.3 is 20.8 Å². The average Bonchev–Trinajstić information content (AvgIpc) is 2.70. The molecule has 1 aromatic rings. The molecule has 0 bridgehead atoms. The molecule has 0 spiro atoms. The van der Waals surface area contributed by atoms with Gasteiger partial charge in [0.2, 0.25) is 5.91 Å². The van der Waals surface area contributed by atoms with Crippen LogP contribution in [0.25, 0.3) is 0 Å². The van der Waals surface area contributed by atoms with Gasteiger partial charge in [-0.25, -0.2) is 4.79 Å². The normalized spacial score (nSPS) is 22.5. The van der Waals surface area contributed by atoms with Gasteiger partial charge in [0.15, 0.2) is 0 Å². The molecule has 1 fully saturated rings. The van der Waals surface area contributed by atoms with Gasteiger partial charge in [-0.3, -0.25) is 4.79 Å². The van der Waals surface area contributed by atoms with Crippen LogP contribution in [0.15, 0.2) is 18.2 Å². The molecule has 4 N–H and O–H groups in total. The number of benzene rings is 1. The van der Waals surface area contributed by atoms with E-state index in [1.54, 1.807) is 30.0 Å². The van der Waals surface area contributed by atoms with E-state index in [0.29, 0.717) is 16.8 Å². The number of carbonyl (C=O) groups is 2.